The van der Waals surface area contributed by atoms with Gasteiger partial charge in [-0.1, -0.05) is 29.8 Å². The van der Waals surface area contributed by atoms with E-state index < -0.39 is 5.97 Å². The van der Waals surface area contributed by atoms with Gasteiger partial charge in [-0.3, -0.25) is 9.59 Å². The van der Waals surface area contributed by atoms with E-state index in [9.17, 15) is 9.59 Å². The smallest absolute Gasteiger partial charge is 0.322 e. The van der Waals surface area contributed by atoms with Crippen LogP contribution in [0.2, 0.25) is 0 Å². The number of benzene rings is 1. The summed E-state index contributed by atoms with van der Waals surface area (Å²) in [5.41, 5.74) is 2.24. The molecule has 86 valence electrons. The SMILES string of the molecule is Cc1cccc(CCC(=O)NCC(=O)O)c1. The quantitative estimate of drug-likeness (QED) is 0.783. The van der Waals surface area contributed by atoms with Crippen molar-refractivity contribution in [1.82, 2.24) is 5.32 Å². The van der Waals surface area contributed by atoms with Crippen LogP contribution < -0.4 is 5.32 Å². The second-order valence-corrected chi connectivity index (χ2v) is 3.66. The Kier molecular flexibility index (Phi) is 4.51. The van der Waals surface area contributed by atoms with Crippen LogP contribution in [0.5, 0.6) is 0 Å². The molecule has 0 saturated carbocycles. The van der Waals surface area contributed by atoms with Crippen LogP contribution in [-0.4, -0.2) is 23.5 Å². The standard InChI is InChI=1S/C12H15NO3/c1-9-3-2-4-10(7-9)5-6-11(14)13-8-12(15)16/h2-4,7H,5-6,8H2,1H3,(H,13,14)(H,15,16). The Bertz CT molecular complexity index is 388. The lowest BCUT2D eigenvalue weighted by Crippen LogP contribution is -2.29. The summed E-state index contributed by atoms with van der Waals surface area (Å²) < 4.78 is 0. The van der Waals surface area contributed by atoms with E-state index in [0.29, 0.717) is 12.8 Å². The molecule has 4 nitrogen and oxygen atoms in total. The number of hydrogen-bond donors (Lipinski definition) is 2. The lowest BCUT2D eigenvalue weighted by molar-refractivity contribution is -0.137. The first-order valence-electron chi connectivity index (χ1n) is 5.12. The van der Waals surface area contributed by atoms with Gasteiger partial charge in [-0.25, -0.2) is 0 Å². The molecule has 0 aromatic heterocycles. The molecule has 0 unspecified atom stereocenters. The first-order valence-corrected chi connectivity index (χ1v) is 5.12. The normalized spacial score (nSPS) is 9.81. The second-order valence-electron chi connectivity index (χ2n) is 3.66. The maximum Gasteiger partial charge on any atom is 0.322 e. The molecule has 2 N–H and O–H groups in total. The highest BCUT2D eigenvalue weighted by atomic mass is 16.4. The fraction of sp³-hybridized carbons (Fsp3) is 0.333. The van der Waals surface area contributed by atoms with Gasteiger partial charge in [0.05, 0.1) is 0 Å². The van der Waals surface area contributed by atoms with Crippen LogP contribution in [0.1, 0.15) is 17.5 Å². The first-order chi connectivity index (χ1) is 7.58. The van der Waals surface area contributed by atoms with Crippen LogP contribution in [0.15, 0.2) is 24.3 Å². The van der Waals surface area contributed by atoms with E-state index in [2.05, 4.69) is 5.32 Å². The zero-order chi connectivity index (χ0) is 12.0. The number of carbonyl (C=O) groups is 2. The summed E-state index contributed by atoms with van der Waals surface area (Å²) in [5.74, 6) is -1.26. The van der Waals surface area contributed by atoms with Crippen molar-refractivity contribution in [2.24, 2.45) is 0 Å². The zero-order valence-electron chi connectivity index (χ0n) is 9.19. The number of rotatable bonds is 5. The molecule has 0 spiro atoms. The molecule has 0 radical (unpaired) electrons. The van der Waals surface area contributed by atoms with Crippen molar-refractivity contribution in [2.75, 3.05) is 6.54 Å². The third-order valence-corrected chi connectivity index (χ3v) is 2.16. The number of amides is 1. The minimum absolute atomic E-state index is 0.232. The number of carbonyl (C=O) groups excluding carboxylic acids is 1. The summed E-state index contributed by atoms with van der Waals surface area (Å²) >= 11 is 0. The Morgan fingerprint density at radius 1 is 1.38 bits per heavy atom. The van der Waals surface area contributed by atoms with Gasteiger partial charge in [-0.05, 0) is 18.9 Å². The van der Waals surface area contributed by atoms with Gasteiger partial charge in [0.2, 0.25) is 5.91 Å². The van der Waals surface area contributed by atoms with Gasteiger partial charge < -0.3 is 10.4 Å². The van der Waals surface area contributed by atoms with Crippen LogP contribution >= 0.6 is 0 Å². The van der Waals surface area contributed by atoms with Gasteiger partial charge in [0.15, 0.2) is 0 Å². The van der Waals surface area contributed by atoms with E-state index >= 15 is 0 Å². The number of carboxylic acid groups (broad SMARTS) is 1. The summed E-state index contributed by atoms with van der Waals surface area (Å²) in [7, 11) is 0. The molecular weight excluding hydrogens is 206 g/mol. The predicted molar refractivity (Wildman–Crippen MR) is 60.1 cm³/mol. The number of hydrogen-bond acceptors (Lipinski definition) is 2. The third kappa shape index (κ3) is 4.59. The second kappa shape index (κ2) is 5.90. The molecule has 0 heterocycles. The molecule has 4 heteroatoms. The van der Waals surface area contributed by atoms with E-state index in [1.54, 1.807) is 0 Å². The topological polar surface area (TPSA) is 66.4 Å². The Hall–Kier alpha value is -1.84. The number of nitrogens with one attached hydrogen (secondary N) is 1. The van der Waals surface area contributed by atoms with Gasteiger partial charge in [0.25, 0.3) is 0 Å². The minimum Gasteiger partial charge on any atom is -0.480 e. The number of aliphatic carboxylic acids is 1. The molecular formula is C12H15NO3. The third-order valence-electron chi connectivity index (χ3n) is 2.16. The van der Waals surface area contributed by atoms with Crippen LogP contribution in [-0.2, 0) is 16.0 Å². The fourth-order valence-corrected chi connectivity index (χ4v) is 1.39. The van der Waals surface area contributed by atoms with E-state index in [1.807, 2.05) is 31.2 Å². The largest absolute Gasteiger partial charge is 0.480 e. The highest BCUT2D eigenvalue weighted by Gasteiger charge is 2.04. The Morgan fingerprint density at radius 3 is 2.75 bits per heavy atom. The van der Waals surface area contributed by atoms with Crippen LogP contribution in [0, 0.1) is 6.92 Å². The monoisotopic (exact) mass is 221 g/mol. The Balaban J connectivity index is 2.34. The molecule has 1 rings (SSSR count). The maximum absolute atomic E-state index is 11.2. The number of carboxylic acids is 1. The molecule has 1 amide bonds. The van der Waals surface area contributed by atoms with Crippen molar-refractivity contribution in [3.05, 3.63) is 35.4 Å². The average molecular weight is 221 g/mol. The van der Waals surface area contributed by atoms with Crippen molar-refractivity contribution in [3.63, 3.8) is 0 Å². The summed E-state index contributed by atoms with van der Waals surface area (Å²) in [4.78, 5) is 21.4. The first kappa shape index (κ1) is 12.2. The Morgan fingerprint density at radius 2 is 2.12 bits per heavy atom. The van der Waals surface area contributed by atoms with Crippen molar-refractivity contribution < 1.29 is 14.7 Å². The van der Waals surface area contributed by atoms with E-state index in [-0.39, 0.29) is 12.5 Å². The summed E-state index contributed by atoms with van der Waals surface area (Å²) in [5, 5.41) is 10.7. The van der Waals surface area contributed by atoms with E-state index in [1.165, 1.54) is 0 Å². The zero-order valence-corrected chi connectivity index (χ0v) is 9.19. The van der Waals surface area contributed by atoms with E-state index in [0.717, 1.165) is 11.1 Å². The van der Waals surface area contributed by atoms with Gasteiger partial charge in [-0.15, -0.1) is 0 Å². The summed E-state index contributed by atoms with van der Waals surface area (Å²) in [6.45, 7) is 1.68. The van der Waals surface area contributed by atoms with Crippen molar-refractivity contribution in [3.8, 4) is 0 Å². The average Bonchev–Trinajstić information content (AvgIpc) is 2.23. The Labute approximate surface area is 94.3 Å². The highest BCUT2D eigenvalue weighted by molar-refractivity contribution is 5.81. The molecule has 1 aromatic carbocycles. The van der Waals surface area contributed by atoms with Gasteiger partial charge >= 0.3 is 5.97 Å². The van der Waals surface area contributed by atoms with Gasteiger partial charge in [-0.2, -0.15) is 0 Å². The van der Waals surface area contributed by atoms with Crippen LogP contribution in [0.3, 0.4) is 0 Å². The van der Waals surface area contributed by atoms with Gasteiger partial charge in [0, 0.05) is 6.42 Å². The van der Waals surface area contributed by atoms with E-state index in [4.69, 9.17) is 5.11 Å². The molecule has 0 fully saturated rings. The molecule has 0 bridgehead atoms. The maximum atomic E-state index is 11.2. The van der Waals surface area contributed by atoms with Crippen LogP contribution in [0.25, 0.3) is 0 Å². The van der Waals surface area contributed by atoms with Crippen LogP contribution in [0.4, 0.5) is 0 Å². The molecule has 0 aliphatic rings. The van der Waals surface area contributed by atoms with Gasteiger partial charge in [0.1, 0.15) is 6.54 Å². The molecule has 1 aromatic rings. The highest BCUT2D eigenvalue weighted by Crippen LogP contribution is 2.06. The van der Waals surface area contributed by atoms with Crippen molar-refractivity contribution >= 4 is 11.9 Å². The number of aryl methyl sites for hydroxylation is 2. The lowest BCUT2D eigenvalue weighted by Gasteiger charge is -2.03. The molecule has 0 saturated heterocycles. The predicted octanol–water partition coefficient (Wildman–Crippen LogP) is 1.13. The summed E-state index contributed by atoms with van der Waals surface area (Å²) in [6.07, 6.45) is 0.948. The minimum atomic E-state index is -1.02. The molecule has 16 heavy (non-hydrogen) atoms. The summed E-state index contributed by atoms with van der Waals surface area (Å²) in [6, 6.07) is 7.91. The molecule has 0 atom stereocenters. The van der Waals surface area contributed by atoms with Crippen molar-refractivity contribution in [1.29, 1.82) is 0 Å². The lowest BCUT2D eigenvalue weighted by atomic mass is 10.1. The van der Waals surface area contributed by atoms with Crippen molar-refractivity contribution in [2.45, 2.75) is 19.8 Å². The molecule has 0 aliphatic heterocycles. The molecule has 0 aliphatic carbocycles. The fourth-order valence-electron chi connectivity index (χ4n) is 1.39.